The van der Waals surface area contributed by atoms with E-state index in [0.29, 0.717) is 10.8 Å². The molecule has 0 bridgehead atoms. The molecule has 0 aliphatic carbocycles. The van der Waals surface area contributed by atoms with Crippen LogP contribution in [0.3, 0.4) is 0 Å². The maximum atomic E-state index is 3.51. The molecule has 2 fully saturated rings. The second-order valence-electron chi connectivity index (χ2n) is 5.80. The Morgan fingerprint density at radius 3 is 2.62 bits per heavy atom. The lowest BCUT2D eigenvalue weighted by molar-refractivity contribution is 0.291. The predicted octanol–water partition coefficient (Wildman–Crippen LogP) is 2.52. The van der Waals surface area contributed by atoms with Gasteiger partial charge in [0.15, 0.2) is 0 Å². The van der Waals surface area contributed by atoms with Gasteiger partial charge in [-0.05, 0) is 30.2 Å². The third-order valence-electron chi connectivity index (χ3n) is 3.51. The fourth-order valence-electron chi connectivity index (χ4n) is 2.44. The molecule has 2 heteroatoms. The minimum atomic E-state index is 0.497. The molecule has 2 saturated heterocycles. The molecule has 2 rings (SSSR count). The third kappa shape index (κ3) is 1.89. The zero-order valence-electron chi connectivity index (χ0n) is 9.02. The van der Waals surface area contributed by atoms with Gasteiger partial charge in [0.25, 0.3) is 0 Å². The summed E-state index contributed by atoms with van der Waals surface area (Å²) < 4.78 is 0. The highest BCUT2D eigenvalue weighted by Crippen LogP contribution is 2.50. The van der Waals surface area contributed by atoms with Crippen molar-refractivity contribution in [1.29, 1.82) is 0 Å². The largest absolute Gasteiger partial charge is 0.316 e. The molecule has 13 heavy (non-hydrogen) atoms. The minimum absolute atomic E-state index is 0.497. The molecule has 0 saturated carbocycles. The summed E-state index contributed by atoms with van der Waals surface area (Å²) in [5, 5.41) is 4.40. The Morgan fingerprint density at radius 1 is 1.38 bits per heavy atom. The number of thioether (sulfide) groups is 1. The van der Waals surface area contributed by atoms with Gasteiger partial charge in [0, 0.05) is 17.5 Å². The Labute approximate surface area is 86.0 Å². The van der Waals surface area contributed by atoms with Gasteiger partial charge in [0.2, 0.25) is 0 Å². The van der Waals surface area contributed by atoms with Gasteiger partial charge in [-0.1, -0.05) is 20.8 Å². The van der Waals surface area contributed by atoms with E-state index in [1.165, 1.54) is 31.7 Å². The monoisotopic (exact) mass is 199 g/mol. The highest BCUT2D eigenvalue weighted by atomic mass is 32.2. The van der Waals surface area contributed by atoms with E-state index in [1.807, 2.05) is 0 Å². The van der Waals surface area contributed by atoms with Crippen LogP contribution in [-0.4, -0.2) is 24.1 Å². The normalized spacial score (nSPS) is 40.4. The van der Waals surface area contributed by atoms with Crippen LogP contribution in [0.4, 0.5) is 0 Å². The number of hydrogen-bond donors (Lipinski definition) is 1. The Morgan fingerprint density at radius 2 is 2.15 bits per heavy atom. The molecule has 2 aliphatic heterocycles. The van der Waals surface area contributed by atoms with Crippen molar-refractivity contribution < 1.29 is 0 Å². The molecule has 76 valence electrons. The maximum absolute atomic E-state index is 3.51. The van der Waals surface area contributed by atoms with Crippen LogP contribution in [0.5, 0.6) is 0 Å². The first kappa shape index (κ1) is 9.85. The molecule has 1 spiro atoms. The van der Waals surface area contributed by atoms with Gasteiger partial charge in [-0.3, -0.25) is 0 Å². The van der Waals surface area contributed by atoms with Crippen LogP contribution < -0.4 is 5.32 Å². The maximum Gasteiger partial charge on any atom is 0.0102 e. The van der Waals surface area contributed by atoms with E-state index in [0.717, 1.165) is 5.25 Å². The predicted molar refractivity (Wildman–Crippen MR) is 60.2 cm³/mol. The molecule has 1 nitrogen and oxygen atoms in total. The van der Waals surface area contributed by atoms with Crippen LogP contribution in [0.1, 0.15) is 33.6 Å². The SMILES string of the molecule is CC(C)(C)C1CC2(CCNC2)CS1. The Balaban J connectivity index is 2.01. The Kier molecular flexibility index (Phi) is 2.40. The summed E-state index contributed by atoms with van der Waals surface area (Å²) in [7, 11) is 0. The van der Waals surface area contributed by atoms with Crippen molar-refractivity contribution in [1.82, 2.24) is 5.32 Å². The van der Waals surface area contributed by atoms with Crippen LogP contribution in [0.2, 0.25) is 0 Å². The summed E-state index contributed by atoms with van der Waals surface area (Å²) in [6, 6.07) is 0. The summed E-state index contributed by atoms with van der Waals surface area (Å²) in [6.07, 6.45) is 2.85. The van der Waals surface area contributed by atoms with Crippen molar-refractivity contribution in [3.8, 4) is 0 Å². The van der Waals surface area contributed by atoms with Gasteiger partial charge in [0.05, 0.1) is 0 Å². The minimum Gasteiger partial charge on any atom is -0.316 e. The van der Waals surface area contributed by atoms with Gasteiger partial charge in [-0.25, -0.2) is 0 Å². The highest BCUT2D eigenvalue weighted by Gasteiger charge is 2.44. The number of rotatable bonds is 0. The lowest BCUT2D eigenvalue weighted by Gasteiger charge is -2.28. The average Bonchev–Trinajstić information content (AvgIpc) is 2.60. The second-order valence-corrected chi connectivity index (χ2v) is 6.99. The first-order chi connectivity index (χ1) is 6.02. The number of nitrogens with one attached hydrogen (secondary N) is 1. The zero-order valence-corrected chi connectivity index (χ0v) is 9.84. The van der Waals surface area contributed by atoms with Crippen molar-refractivity contribution in [2.24, 2.45) is 10.8 Å². The van der Waals surface area contributed by atoms with Crippen LogP contribution in [0, 0.1) is 10.8 Å². The molecule has 0 aromatic carbocycles. The van der Waals surface area contributed by atoms with Crippen molar-refractivity contribution >= 4 is 11.8 Å². The summed E-state index contributed by atoms with van der Waals surface area (Å²) in [5.74, 6) is 1.39. The van der Waals surface area contributed by atoms with Crippen molar-refractivity contribution in [2.75, 3.05) is 18.8 Å². The molecule has 0 amide bonds. The van der Waals surface area contributed by atoms with Crippen LogP contribution >= 0.6 is 11.8 Å². The molecule has 2 heterocycles. The topological polar surface area (TPSA) is 12.0 Å². The average molecular weight is 199 g/mol. The Bertz CT molecular complexity index is 189. The quantitative estimate of drug-likeness (QED) is 0.643. The molecule has 0 radical (unpaired) electrons. The van der Waals surface area contributed by atoms with Crippen molar-refractivity contribution in [2.45, 2.75) is 38.9 Å². The van der Waals surface area contributed by atoms with Gasteiger partial charge in [-0.15, -0.1) is 0 Å². The molecule has 2 unspecified atom stereocenters. The molecular formula is C11H21NS. The standard InChI is InChI=1S/C11H21NS/c1-10(2,3)9-6-11(8-13-9)4-5-12-7-11/h9,12H,4-8H2,1-3H3. The lowest BCUT2D eigenvalue weighted by atomic mass is 9.78. The van der Waals surface area contributed by atoms with E-state index >= 15 is 0 Å². The smallest absolute Gasteiger partial charge is 0.0102 e. The van der Waals surface area contributed by atoms with E-state index in [9.17, 15) is 0 Å². The zero-order chi connectivity index (χ0) is 9.53. The lowest BCUT2D eigenvalue weighted by Crippen LogP contribution is -2.27. The first-order valence-electron chi connectivity index (χ1n) is 5.34. The van der Waals surface area contributed by atoms with Gasteiger partial charge >= 0.3 is 0 Å². The molecule has 2 atom stereocenters. The molecular weight excluding hydrogens is 178 g/mol. The van der Waals surface area contributed by atoms with Gasteiger partial charge in [-0.2, -0.15) is 11.8 Å². The van der Waals surface area contributed by atoms with Crippen LogP contribution in [0.25, 0.3) is 0 Å². The van der Waals surface area contributed by atoms with Crippen molar-refractivity contribution in [3.05, 3.63) is 0 Å². The summed E-state index contributed by atoms with van der Waals surface area (Å²) >= 11 is 2.21. The molecule has 1 N–H and O–H groups in total. The van der Waals surface area contributed by atoms with Crippen LogP contribution in [-0.2, 0) is 0 Å². The highest BCUT2D eigenvalue weighted by molar-refractivity contribution is 8.00. The summed E-state index contributed by atoms with van der Waals surface area (Å²) in [6.45, 7) is 9.66. The van der Waals surface area contributed by atoms with Crippen molar-refractivity contribution in [3.63, 3.8) is 0 Å². The first-order valence-corrected chi connectivity index (χ1v) is 6.39. The molecule has 0 aromatic heterocycles. The fraction of sp³-hybridized carbons (Fsp3) is 1.00. The third-order valence-corrected chi connectivity index (χ3v) is 5.56. The summed E-state index contributed by atoms with van der Waals surface area (Å²) in [4.78, 5) is 0. The van der Waals surface area contributed by atoms with E-state index in [-0.39, 0.29) is 0 Å². The molecule has 2 aliphatic rings. The van der Waals surface area contributed by atoms with E-state index < -0.39 is 0 Å². The summed E-state index contributed by atoms with van der Waals surface area (Å²) in [5.41, 5.74) is 1.17. The van der Waals surface area contributed by atoms with Gasteiger partial charge < -0.3 is 5.32 Å². The fourth-order valence-corrected chi connectivity index (χ4v) is 4.33. The van der Waals surface area contributed by atoms with E-state index in [2.05, 4.69) is 37.8 Å². The van der Waals surface area contributed by atoms with Gasteiger partial charge in [0.1, 0.15) is 0 Å². The van der Waals surface area contributed by atoms with Crippen LogP contribution in [0.15, 0.2) is 0 Å². The second kappa shape index (κ2) is 3.16. The van der Waals surface area contributed by atoms with E-state index in [1.54, 1.807) is 0 Å². The Hall–Kier alpha value is 0.310. The van der Waals surface area contributed by atoms with E-state index in [4.69, 9.17) is 0 Å². The molecule has 0 aromatic rings. The number of hydrogen-bond acceptors (Lipinski definition) is 2.